The molecule has 0 aliphatic carbocycles. The normalized spacial score (nSPS) is 11.3. The van der Waals surface area contributed by atoms with Crippen LogP contribution >= 0.6 is 0 Å². The van der Waals surface area contributed by atoms with Gasteiger partial charge in [-0.25, -0.2) is 17.5 Å². The summed E-state index contributed by atoms with van der Waals surface area (Å²) in [4.78, 5) is 12.0. The van der Waals surface area contributed by atoms with Gasteiger partial charge in [-0.3, -0.25) is 4.79 Å². The molecule has 1 amide bonds. The van der Waals surface area contributed by atoms with E-state index in [4.69, 9.17) is 0 Å². The highest BCUT2D eigenvalue weighted by atomic mass is 32.2. The van der Waals surface area contributed by atoms with E-state index in [1.807, 2.05) is 6.92 Å². The molecule has 2 rings (SSSR count). The van der Waals surface area contributed by atoms with Gasteiger partial charge >= 0.3 is 0 Å². The maximum atomic E-state index is 13.5. The van der Waals surface area contributed by atoms with E-state index in [-0.39, 0.29) is 23.5 Å². The lowest BCUT2D eigenvalue weighted by Crippen LogP contribution is -2.35. The first-order chi connectivity index (χ1) is 11.3. The first-order valence-corrected chi connectivity index (χ1v) is 8.89. The largest absolute Gasteiger partial charge is 0.351 e. The number of carbonyl (C=O) groups is 1. The Hall–Kier alpha value is -2.25. The van der Waals surface area contributed by atoms with Crippen molar-refractivity contribution in [1.82, 2.24) is 10.0 Å². The molecule has 0 aromatic heterocycles. The van der Waals surface area contributed by atoms with Crippen LogP contribution in [0.1, 0.15) is 21.5 Å². The molecule has 0 saturated carbocycles. The maximum absolute atomic E-state index is 13.5. The number of rotatable bonds is 6. The number of aryl methyl sites for hydroxylation is 2. The molecule has 5 nitrogen and oxygen atoms in total. The summed E-state index contributed by atoms with van der Waals surface area (Å²) in [6, 6.07) is 10.7. The Balaban J connectivity index is 1.92. The first kappa shape index (κ1) is 18.1. The van der Waals surface area contributed by atoms with Gasteiger partial charge in [0.25, 0.3) is 5.91 Å². The molecule has 0 aliphatic rings. The van der Waals surface area contributed by atoms with Crippen molar-refractivity contribution in [3.05, 3.63) is 65.0 Å². The Kier molecular flexibility index (Phi) is 5.69. The highest BCUT2D eigenvalue weighted by molar-refractivity contribution is 7.89. The van der Waals surface area contributed by atoms with Crippen molar-refractivity contribution in [2.24, 2.45) is 0 Å². The summed E-state index contributed by atoms with van der Waals surface area (Å²) in [6.45, 7) is 3.67. The maximum Gasteiger partial charge on any atom is 0.254 e. The number of nitrogens with one attached hydrogen (secondary N) is 2. The van der Waals surface area contributed by atoms with Gasteiger partial charge in [0.15, 0.2) is 0 Å². The minimum absolute atomic E-state index is 0.00976. The molecule has 0 atom stereocenters. The third kappa shape index (κ3) is 4.39. The van der Waals surface area contributed by atoms with Gasteiger partial charge in [-0.2, -0.15) is 0 Å². The van der Waals surface area contributed by atoms with Crippen LogP contribution in [0.25, 0.3) is 0 Å². The number of halogens is 1. The monoisotopic (exact) mass is 350 g/mol. The molecule has 24 heavy (non-hydrogen) atoms. The highest BCUT2D eigenvalue weighted by Gasteiger charge is 2.16. The summed E-state index contributed by atoms with van der Waals surface area (Å²) < 4.78 is 40.4. The average Bonchev–Trinajstić information content (AvgIpc) is 2.51. The van der Waals surface area contributed by atoms with Gasteiger partial charge < -0.3 is 5.32 Å². The average molecular weight is 350 g/mol. The van der Waals surface area contributed by atoms with E-state index in [0.29, 0.717) is 5.56 Å². The van der Waals surface area contributed by atoms with Crippen molar-refractivity contribution in [3.8, 4) is 0 Å². The number of benzene rings is 2. The summed E-state index contributed by atoms with van der Waals surface area (Å²) in [5.41, 5.74) is 1.55. The Bertz CT molecular complexity index is 851. The standard InChI is InChI=1S/C17H19FN2O3S/c1-12-7-8-16(13(2)11-12)24(22,23)20-10-9-19-17(21)14-5-3-4-6-15(14)18/h3-8,11,20H,9-10H2,1-2H3,(H,19,21). The van der Waals surface area contributed by atoms with Crippen LogP contribution in [0.4, 0.5) is 4.39 Å². The molecule has 128 valence electrons. The van der Waals surface area contributed by atoms with Crippen LogP contribution < -0.4 is 10.0 Å². The van der Waals surface area contributed by atoms with Gasteiger partial charge in [0.05, 0.1) is 10.5 Å². The SMILES string of the molecule is Cc1ccc(S(=O)(=O)NCCNC(=O)c2ccccc2F)c(C)c1. The summed E-state index contributed by atoms with van der Waals surface area (Å²) in [7, 11) is -3.65. The van der Waals surface area contributed by atoms with Crippen LogP contribution in [0.3, 0.4) is 0 Å². The first-order valence-electron chi connectivity index (χ1n) is 7.41. The molecular formula is C17H19FN2O3S. The van der Waals surface area contributed by atoms with Crippen molar-refractivity contribution in [3.63, 3.8) is 0 Å². The second-order valence-corrected chi connectivity index (χ2v) is 7.14. The number of hydrogen-bond donors (Lipinski definition) is 2. The summed E-state index contributed by atoms with van der Waals surface area (Å²) in [6.07, 6.45) is 0. The molecule has 0 radical (unpaired) electrons. The highest BCUT2D eigenvalue weighted by Crippen LogP contribution is 2.15. The fraction of sp³-hybridized carbons (Fsp3) is 0.235. The van der Waals surface area contributed by atoms with Gasteiger partial charge in [-0.15, -0.1) is 0 Å². The van der Waals surface area contributed by atoms with Gasteiger partial charge in [-0.05, 0) is 37.6 Å². The fourth-order valence-corrected chi connectivity index (χ4v) is 3.54. The van der Waals surface area contributed by atoms with Gasteiger partial charge in [0.1, 0.15) is 5.82 Å². The Morgan fingerprint density at radius 1 is 1.08 bits per heavy atom. The molecule has 0 fully saturated rings. The zero-order valence-electron chi connectivity index (χ0n) is 13.5. The van der Waals surface area contributed by atoms with Crippen LogP contribution in [0.15, 0.2) is 47.4 Å². The van der Waals surface area contributed by atoms with Crippen molar-refractivity contribution in [1.29, 1.82) is 0 Å². The lowest BCUT2D eigenvalue weighted by atomic mass is 10.2. The fourth-order valence-electron chi connectivity index (χ4n) is 2.28. The Morgan fingerprint density at radius 3 is 2.46 bits per heavy atom. The predicted molar refractivity (Wildman–Crippen MR) is 89.8 cm³/mol. The molecule has 7 heteroatoms. The molecule has 0 bridgehead atoms. The molecule has 0 aliphatic heterocycles. The van der Waals surface area contributed by atoms with Crippen LogP contribution in [0, 0.1) is 19.7 Å². The van der Waals surface area contributed by atoms with Crippen LogP contribution in [0.5, 0.6) is 0 Å². The van der Waals surface area contributed by atoms with Crippen molar-refractivity contribution < 1.29 is 17.6 Å². The number of sulfonamides is 1. The van der Waals surface area contributed by atoms with E-state index in [1.165, 1.54) is 18.2 Å². The second-order valence-electron chi connectivity index (χ2n) is 5.40. The second kappa shape index (κ2) is 7.55. The quantitative estimate of drug-likeness (QED) is 0.784. The van der Waals surface area contributed by atoms with Crippen LogP contribution in [-0.2, 0) is 10.0 Å². The molecule has 0 spiro atoms. The lowest BCUT2D eigenvalue weighted by Gasteiger charge is -2.11. The van der Waals surface area contributed by atoms with E-state index in [9.17, 15) is 17.6 Å². The number of carbonyl (C=O) groups excluding carboxylic acids is 1. The topological polar surface area (TPSA) is 75.3 Å². The Labute approximate surface area is 141 Å². The molecular weight excluding hydrogens is 331 g/mol. The van der Waals surface area contributed by atoms with E-state index < -0.39 is 21.7 Å². The van der Waals surface area contributed by atoms with E-state index in [2.05, 4.69) is 10.0 Å². The lowest BCUT2D eigenvalue weighted by molar-refractivity contribution is 0.0950. The Morgan fingerprint density at radius 2 is 1.79 bits per heavy atom. The molecule has 2 aromatic rings. The molecule has 0 saturated heterocycles. The molecule has 0 unspecified atom stereocenters. The third-order valence-electron chi connectivity index (χ3n) is 3.44. The van der Waals surface area contributed by atoms with Gasteiger partial charge in [-0.1, -0.05) is 29.8 Å². The minimum Gasteiger partial charge on any atom is -0.351 e. The van der Waals surface area contributed by atoms with Crippen molar-refractivity contribution in [2.75, 3.05) is 13.1 Å². The van der Waals surface area contributed by atoms with Crippen LogP contribution in [-0.4, -0.2) is 27.4 Å². The smallest absolute Gasteiger partial charge is 0.254 e. The zero-order valence-corrected chi connectivity index (χ0v) is 14.3. The summed E-state index contributed by atoms with van der Waals surface area (Å²) in [5, 5.41) is 2.48. The zero-order chi connectivity index (χ0) is 17.7. The van der Waals surface area contributed by atoms with Crippen molar-refractivity contribution in [2.45, 2.75) is 18.7 Å². The third-order valence-corrected chi connectivity index (χ3v) is 5.06. The summed E-state index contributed by atoms with van der Waals surface area (Å²) >= 11 is 0. The van der Waals surface area contributed by atoms with E-state index >= 15 is 0 Å². The number of amides is 1. The minimum atomic E-state index is -3.65. The van der Waals surface area contributed by atoms with E-state index in [1.54, 1.807) is 31.2 Å². The molecule has 2 N–H and O–H groups in total. The predicted octanol–water partition coefficient (Wildman–Crippen LogP) is 2.15. The van der Waals surface area contributed by atoms with E-state index in [0.717, 1.165) is 5.56 Å². The summed E-state index contributed by atoms with van der Waals surface area (Å²) in [5.74, 6) is -1.20. The van der Waals surface area contributed by atoms with Crippen LogP contribution in [0.2, 0.25) is 0 Å². The van der Waals surface area contributed by atoms with Gasteiger partial charge in [0, 0.05) is 13.1 Å². The molecule has 2 aromatic carbocycles. The molecule has 0 heterocycles. The van der Waals surface area contributed by atoms with Crippen molar-refractivity contribution >= 4 is 15.9 Å². The van der Waals surface area contributed by atoms with Gasteiger partial charge in [0.2, 0.25) is 10.0 Å². The number of hydrogen-bond acceptors (Lipinski definition) is 3.